The van der Waals surface area contributed by atoms with Crippen LogP contribution in [0.2, 0.25) is 0 Å². The summed E-state index contributed by atoms with van der Waals surface area (Å²) < 4.78 is 5.15. The number of rotatable bonds is 5. The van der Waals surface area contributed by atoms with Crippen LogP contribution in [0.5, 0.6) is 0 Å². The lowest BCUT2D eigenvalue weighted by Crippen LogP contribution is -2.23. The van der Waals surface area contributed by atoms with Gasteiger partial charge in [0.25, 0.3) is 5.91 Å². The quantitative estimate of drug-likeness (QED) is 0.559. The largest absolute Gasteiger partial charge is 0.467 e. The number of carbonyl (C=O) groups excluding carboxylic acids is 1. The molecule has 2 heterocycles. The maximum atomic E-state index is 12.0. The molecule has 0 aromatic carbocycles. The molecule has 0 fully saturated rings. The predicted octanol–water partition coefficient (Wildman–Crippen LogP) is 1.45. The van der Waals surface area contributed by atoms with Crippen LogP contribution in [0.3, 0.4) is 0 Å². The second-order valence-corrected chi connectivity index (χ2v) is 3.99. The molecule has 0 saturated heterocycles. The van der Waals surface area contributed by atoms with Crippen molar-refractivity contribution in [2.75, 3.05) is 5.43 Å². The number of aryl methyl sites for hydroxylation is 1. The van der Waals surface area contributed by atoms with Gasteiger partial charge < -0.3 is 15.2 Å². The van der Waals surface area contributed by atoms with E-state index in [0.717, 1.165) is 12.1 Å². The van der Waals surface area contributed by atoms with Crippen LogP contribution >= 0.6 is 0 Å². The summed E-state index contributed by atoms with van der Waals surface area (Å²) in [6, 6.07) is 6.94. The molecule has 6 nitrogen and oxygen atoms in total. The van der Waals surface area contributed by atoms with Crippen LogP contribution in [0, 0.1) is 0 Å². The first-order valence-corrected chi connectivity index (χ1v) is 6.01. The molecule has 6 heteroatoms. The number of hydrogen-bond acceptors (Lipinski definition) is 5. The first kappa shape index (κ1) is 13.1. The Morgan fingerprint density at radius 1 is 1.47 bits per heavy atom. The van der Waals surface area contributed by atoms with E-state index in [9.17, 15) is 4.79 Å². The summed E-state index contributed by atoms with van der Waals surface area (Å²) in [7, 11) is 0. The molecule has 0 bridgehead atoms. The number of hydrazine groups is 1. The van der Waals surface area contributed by atoms with Gasteiger partial charge in [-0.1, -0.05) is 6.92 Å². The molecule has 0 saturated carbocycles. The molecule has 2 aromatic rings. The Balaban J connectivity index is 2.09. The van der Waals surface area contributed by atoms with Crippen LogP contribution < -0.4 is 16.6 Å². The van der Waals surface area contributed by atoms with E-state index in [-0.39, 0.29) is 5.91 Å². The third kappa shape index (κ3) is 3.32. The van der Waals surface area contributed by atoms with Crippen LogP contribution in [0.15, 0.2) is 34.9 Å². The molecule has 100 valence electrons. The Bertz CT molecular complexity index is 530. The van der Waals surface area contributed by atoms with Crippen molar-refractivity contribution >= 4 is 11.7 Å². The molecule has 0 unspecified atom stereocenters. The number of aromatic nitrogens is 1. The van der Waals surface area contributed by atoms with E-state index in [0.29, 0.717) is 23.7 Å². The zero-order chi connectivity index (χ0) is 13.7. The van der Waals surface area contributed by atoms with Crippen molar-refractivity contribution in [2.24, 2.45) is 5.84 Å². The Labute approximate surface area is 111 Å². The summed E-state index contributed by atoms with van der Waals surface area (Å²) >= 11 is 0. The maximum Gasteiger partial charge on any atom is 0.251 e. The Kier molecular flexibility index (Phi) is 4.15. The number of nitrogens with zero attached hydrogens (tertiary/aromatic N) is 1. The Hall–Kier alpha value is -2.34. The summed E-state index contributed by atoms with van der Waals surface area (Å²) in [5, 5.41) is 2.77. The number of furan rings is 1. The first-order chi connectivity index (χ1) is 9.22. The minimum Gasteiger partial charge on any atom is -0.467 e. The number of nitrogens with two attached hydrogens (primary N) is 1. The van der Waals surface area contributed by atoms with E-state index in [1.807, 2.05) is 6.92 Å². The molecule has 0 spiro atoms. The third-order valence-corrected chi connectivity index (χ3v) is 2.65. The summed E-state index contributed by atoms with van der Waals surface area (Å²) in [5.41, 5.74) is 3.78. The fraction of sp³-hybridized carbons (Fsp3) is 0.231. The monoisotopic (exact) mass is 260 g/mol. The number of nitrogen functional groups attached to an aromatic ring is 1. The predicted molar refractivity (Wildman–Crippen MR) is 71.3 cm³/mol. The van der Waals surface area contributed by atoms with Crippen LogP contribution in [0.1, 0.15) is 28.7 Å². The average Bonchev–Trinajstić information content (AvgIpc) is 2.97. The van der Waals surface area contributed by atoms with Crippen molar-refractivity contribution in [3.63, 3.8) is 0 Å². The van der Waals surface area contributed by atoms with Crippen molar-refractivity contribution < 1.29 is 9.21 Å². The zero-order valence-electron chi connectivity index (χ0n) is 10.6. The standard InChI is InChI=1S/C13H16N4O2/c1-2-10-6-9(7-12(16-10)17-14)13(18)15-8-11-4-3-5-19-11/h3-7H,2,8,14H2,1H3,(H,15,18)(H,16,17). The molecule has 0 radical (unpaired) electrons. The average molecular weight is 260 g/mol. The topological polar surface area (TPSA) is 93.2 Å². The molecule has 0 aliphatic carbocycles. The van der Waals surface area contributed by atoms with Gasteiger partial charge >= 0.3 is 0 Å². The molecular weight excluding hydrogens is 244 g/mol. The number of hydrogen-bond donors (Lipinski definition) is 3. The molecule has 0 aliphatic rings. The number of nitrogens with one attached hydrogen (secondary N) is 2. The van der Waals surface area contributed by atoms with E-state index >= 15 is 0 Å². The van der Waals surface area contributed by atoms with Crippen LogP contribution in [-0.4, -0.2) is 10.9 Å². The summed E-state index contributed by atoms with van der Waals surface area (Å²) in [5.74, 6) is 6.32. The fourth-order valence-electron chi connectivity index (χ4n) is 1.66. The van der Waals surface area contributed by atoms with Crippen molar-refractivity contribution in [1.82, 2.24) is 10.3 Å². The minimum atomic E-state index is -0.190. The van der Waals surface area contributed by atoms with Crippen molar-refractivity contribution in [3.8, 4) is 0 Å². The van der Waals surface area contributed by atoms with E-state index in [2.05, 4.69) is 15.7 Å². The van der Waals surface area contributed by atoms with Gasteiger partial charge in [-0.3, -0.25) is 4.79 Å². The molecule has 2 aromatic heterocycles. The van der Waals surface area contributed by atoms with E-state index in [4.69, 9.17) is 10.3 Å². The van der Waals surface area contributed by atoms with Gasteiger partial charge in [-0.25, -0.2) is 10.8 Å². The molecule has 0 atom stereocenters. The van der Waals surface area contributed by atoms with Crippen LogP contribution in [0.25, 0.3) is 0 Å². The van der Waals surface area contributed by atoms with Gasteiger partial charge in [0.15, 0.2) is 0 Å². The van der Waals surface area contributed by atoms with Crippen molar-refractivity contribution in [3.05, 3.63) is 47.5 Å². The van der Waals surface area contributed by atoms with Gasteiger partial charge in [-0.05, 0) is 30.7 Å². The van der Waals surface area contributed by atoms with Crippen LogP contribution in [0.4, 0.5) is 5.82 Å². The second kappa shape index (κ2) is 6.01. The zero-order valence-corrected chi connectivity index (χ0v) is 10.6. The highest BCUT2D eigenvalue weighted by atomic mass is 16.3. The second-order valence-electron chi connectivity index (χ2n) is 3.99. The molecule has 19 heavy (non-hydrogen) atoms. The molecule has 2 rings (SSSR count). The molecule has 4 N–H and O–H groups in total. The highest BCUT2D eigenvalue weighted by Crippen LogP contribution is 2.10. The normalized spacial score (nSPS) is 10.2. The van der Waals surface area contributed by atoms with Crippen molar-refractivity contribution in [1.29, 1.82) is 0 Å². The fourth-order valence-corrected chi connectivity index (χ4v) is 1.66. The van der Waals surface area contributed by atoms with E-state index in [1.54, 1.807) is 30.5 Å². The third-order valence-electron chi connectivity index (χ3n) is 2.65. The van der Waals surface area contributed by atoms with Gasteiger partial charge in [0, 0.05) is 11.3 Å². The van der Waals surface area contributed by atoms with Gasteiger partial charge in [0.2, 0.25) is 0 Å². The minimum absolute atomic E-state index is 0.190. The highest BCUT2D eigenvalue weighted by Gasteiger charge is 2.09. The summed E-state index contributed by atoms with van der Waals surface area (Å²) in [6.07, 6.45) is 2.30. The maximum absolute atomic E-state index is 12.0. The number of anilines is 1. The van der Waals surface area contributed by atoms with Crippen LogP contribution in [-0.2, 0) is 13.0 Å². The molecular formula is C13H16N4O2. The lowest BCUT2D eigenvalue weighted by molar-refractivity contribution is 0.0948. The highest BCUT2D eigenvalue weighted by molar-refractivity contribution is 5.94. The smallest absolute Gasteiger partial charge is 0.251 e. The summed E-state index contributed by atoms with van der Waals surface area (Å²) in [6.45, 7) is 2.31. The molecule has 0 aliphatic heterocycles. The number of pyridine rings is 1. The Morgan fingerprint density at radius 2 is 2.32 bits per heavy atom. The summed E-state index contributed by atoms with van der Waals surface area (Å²) in [4.78, 5) is 16.3. The SMILES string of the molecule is CCc1cc(C(=O)NCc2ccco2)cc(NN)n1. The van der Waals surface area contributed by atoms with Gasteiger partial charge in [0.1, 0.15) is 11.6 Å². The van der Waals surface area contributed by atoms with Gasteiger partial charge in [-0.2, -0.15) is 0 Å². The lowest BCUT2D eigenvalue weighted by atomic mass is 10.2. The number of carbonyl (C=O) groups is 1. The van der Waals surface area contributed by atoms with Gasteiger partial charge in [-0.15, -0.1) is 0 Å². The van der Waals surface area contributed by atoms with E-state index in [1.165, 1.54) is 0 Å². The first-order valence-electron chi connectivity index (χ1n) is 6.01. The van der Waals surface area contributed by atoms with E-state index < -0.39 is 0 Å². The Morgan fingerprint density at radius 3 is 2.95 bits per heavy atom. The number of amides is 1. The molecule has 1 amide bonds. The van der Waals surface area contributed by atoms with Crippen molar-refractivity contribution in [2.45, 2.75) is 19.9 Å². The van der Waals surface area contributed by atoms with Gasteiger partial charge in [0.05, 0.1) is 12.8 Å². The lowest BCUT2D eigenvalue weighted by Gasteiger charge is -2.07.